The molecule has 164 valence electrons. The Bertz CT molecular complexity index is 812. The lowest BCUT2D eigenvalue weighted by molar-refractivity contribution is -0.173. The van der Waals surface area contributed by atoms with Gasteiger partial charge in [0.25, 0.3) is 0 Å². The molecule has 2 aromatic carbocycles. The fraction of sp³-hybridized carbons (Fsp3) is 0.500. The van der Waals surface area contributed by atoms with Crippen molar-refractivity contribution in [1.29, 1.82) is 0 Å². The van der Waals surface area contributed by atoms with Gasteiger partial charge < -0.3 is 9.47 Å². The van der Waals surface area contributed by atoms with Gasteiger partial charge in [-0.25, -0.2) is 0 Å². The molecular formula is C24H28ClF3O2. The Balaban J connectivity index is 1.79. The van der Waals surface area contributed by atoms with Crippen molar-refractivity contribution < 1.29 is 22.6 Å². The second kappa shape index (κ2) is 10.7. The fourth-order valence-electron chi connectivity index (χ4n) is 3.80. The summed E-state index contributed by atoms with van der Waals surface area (Å²) in [6.45, 7) is 1.58. The molecule has 1 unspecified atom stereocenters. The standard InChI is InChI=1S/C24H28ClF3O2/c1-2-17-6-8-18(9-7-17)13-20-14-21(23-5-3-4-11-30-23)19(15-22(20)25)10-12-29-16-24(26,27)28/h6-9,14-15,23H,2-5,10-13,16H2,1H3. The zero-order valence-corrected chi connectivity index (χ0v) is 18.0. The Morgan fingerprint density at radius 1 is 1.07 bits per heavy atom. The predicted octanol–water partition coefficient (Wildman–Crippen LogP) is 6.86. The summed E-state index contributed by atoms with van der Waals surface area (Å²) in [6.07, 6.45) is 0.719. The van der Waals surface area contributed by atoms with Gasteiger partial charge in [-0.2, -0.15) is 13.2 Å². The Morgan fingerprint density at radius 2 is 1.80 bits per heavy atom. The lowest BCUT2D eigenvalue weighted by Crippen LogP contribution is -2.19. The summed E-state index contributed by atoms with van der Waals surface area (Å²) in [7, 11) is 0. The van der Waals surface area contributed by atoms with E-state index in [0.717, 1.165) is 42.4 Å². The molecule has 1 saturated heterocycles. The summed E-state index contributed by atoms with van der Waals surface area (Å²) in [4.78, 5) is 0. The summed E-state index contributed by atoms with van der Waals surface area (Å²) in [5.41, 5.74) is 5.39. The van der Waals surface area contributed by atoms with Crippen molar-refractivity contribution in [2.24, 2.45) is 0 Å². The molecule has 1 aliphatic rings. The van der Waals surface area contributed by atoms with Crippen molar-refractivity contribution >= 4 is 11.6 Å². The molecule has 1 aliphatic heterocycles. The normalized spacial score (nSPS) is 17.3. The SMILES string of the molecule is CCc1ccc(Cc2cc(C3CCCCO3)c(CCOCC(F)(F)F)cc2Cl)cc1. The number of hydrogen-bond donors (Lipinski definition) is 0. The van der Waals surface area contributed by atoms with Crippen LogP contribution >= 0.6 is 11.6 Å². The summed E-state index contributed by atoms with van der Waals surface area (Å²) < 4.78 is 47.9. The first-order chi connectivity index (χ1) is 14.4. The second-order valence-corrected chi connectivity index (χ2v) is 8.17. The minimum Gasteiger partial charge on any atom is -0.374 e. The molecular weight excluding hydrogens is 413 g/mol. The van der Waals surface area contributed by atoms with E-state index in [4.69, 9.17) is 21.1 Å². The molecule has 0 spiro atoms. The van der Waals surface area contributed by atoms with Gasteiger partial charge in [0.05, 0.1) is 12.7 Å². The van der Waals surface area contributed by atoms with Gasteiger partial charge in [-0.3, -0.25) is 0 Å². The van der Waals surface area contributed by atoms with Gasteiger partial charge in [0.15, 0.2) is 0 Å². The number of alkyl halides is 3. The molecule has 0 aromatic heterocycles. The van der Waals surface area contributed by atoms with Gasteiger partial charge in [-0.05, 0) is 72.4 Å². The summed E-state index contributed by atoms with van der Waals surface area (Å²) in [5, 5.41) is 0.625. The smallest absolute Gasteiger partial charge is 0.374 e. The van der Waals surface area contributed by atoms with Crippen LogP contribution in [-0.4, -0.2) is 26.0 Å². The van der Waals surface area contributed by atoms with Crippen molar-refractivity contribution in [3.8, 4) is 0 Å². The van der Waals surface area contributed by atoms with Gasteiger partial charge in [0.1, 0.15) is 6.61 Å². The maximum absolute atomic E-state index is 12.4. The molecule has 6 heteroatoms. The van der Waals surface area contributed by atoms with E-state index in [1.165, 1.54) is 11.1 Å². The molecule has 0 saturated carbocycles. The summed E-state index contributed by atoms with van der Waals surface area (Å²) in [5.74, 6) is 0. The Hall–Kier alpha value is -1.56. The molecule has 0 amide bonds. The molecule has 30 heavy (non-hydrogen) atoms. The topological polar surface area (TPSA) is 18.5 Å². The Morgan fingerprint density at radius 3 is 2.43 bits per heavy atom. The third-order valence-electron chi connectivity index (χ3n) is 5.44. The Labute approximate surface area is 181 Å². The van der Waals surface area contributed by atoms with Crippen LogP contribution in [0.5, 0.6) is 0 Å². The number of hydrogen-bond acceptors (Lipinski definition) is 2. The monoisotopic (exact) mass is 440 g/mol. The van der Waals surface area contributed by atoms with Crippen LogP contribution in [0, 0.1) is 0 Å². The van der Waals surface area contributed by atoms with Crippen LogP contribution in [-0.2, 0) is 28.7 Å². The van der Waals surface area contributed by atoms with E-state index in [1.807, 2.05) is 6.07 Å². The highest BCUT2D eigenvalue weighted by atomic mass is 35.5. The first kappa shape index (κ1) is 23.1. The van der Waals surface area contributed by atoms with Crippen molar-refractivity contribution in [3.63, 3.8) is 0 Å². The molecule has 1 atom stereocenters. The van der Waals surface area contributed by atoms with E-state index in [-0.39, 0.29) is 12.7 Å². The third kappa shape index (κ3) is 6.73. The van der Waals surface area contributed by atoms with Crippen molar-refractivity contribution in [1.82, 2.24) is 0 Å². The zero-order chi connectivity index (χ0) is 21.6. The maximum Gasteiger partial charge on any atom is 0.411 e. The van der Waals surface area contributed by atoms with Crippen LogP contribution in [0.4, 0.5) is 13.2 Å². The van der Waals surface area contributed by atoms with Crippen LogP contribution < -0.4 is 0 Å². The van der Waals surface area contributed by atoms with E-state index in [0.29, 0.717) is 24.5 Å². The third-order valence-corrected chi connectivity index (χ3v) is 5.79. The second-order valence-electron chi connectivity index (χ2n) is 7.76. The van der Waals surface area contributed by atoms with Gasteiger partial charge in [-0.15, -0.1) is 0 Å². The summed E-state index contributed by atoms with van der Waals surface area (Å²) in [6, 6.07) is 12.4. The molecule has 2 nitrogen and oxygen atoms in total. The highest BCUT2D eigenvalue weighted by Crippen LogP contribution is 2.34. The first-order valence-electron chi connectivity index (χ1n) is 10.5. The molecule has 1 fully saturated rings. The summed E-state index contributed by atoms with van der Waals surface area (Å²) >= 11 is 6.57. The van der Waals surface area contributed by atoms with Gasteiger partial charge >= 0.3 is 6.18 Å². The van der Waals surface area contributed by atoms with Crippen LogP contribution in [0.2, 0.25) is 5.02 Å². The van der Waals surface area contributed by atoms with E-state index in [9.17, 15) is 13.2 Å². The average molecular weight is 441 g/mol. The van der Waals surface area contributed by atoms with Crippen LogP contribution in [0.3, 0.4) is 0 Å². The number of aryl methyl sites for hydroxylation is 1. The molecule has 0 aliphatic carbocycles. The Kier molecular flexibility index (Phi) is 8.20. The molecule has 0 N–H and O–H groups in total. The largest absolute Gasteiger partial charge is 0.411 e. The lowest BCUT2D eigenvalue weighted by atomic mass is 9.91. The molecule has 0 radical (unpaired) electrons. The average Bonchev–Trinajstić information content (AvgIpc) is 2.73. The number of rotatable bonds is 8. The minimum atomic E-state index is -4.32. The highest BCUT2D eigenvalue weighted by molar-refractivity contribution is 6.31. The lowest BCUT2D eigenvalue weighted by Gasteiger charge is -2.26. The van der Waals surface area contributed by atoms with Crippen molar-refractivity contribution in [2.45, 2.75) is 57.7 Å². The fourth-order valence-corrected chi connectivity index (χ4v) is 4.05. The van der Waals surface area contributed by atoms with E-state index in [1.54, 1.807) is 0 Å². The van der Waals surface area contributed by atoms with E-state index < -0.39 is 12.8 Å². The highest BCUT2D eigenvalue weighted by Gasteiger charge is 2.27. The van der Waals surface area contributed by atoms with E-state index in [2.05, 4.69) is 37.3 Å². The molecule has 2 aromatic rings. The molecule has 1 heterocycles. The minimum absolute atomic E-state index is 0.00656. The predicted molar refractivity (Wildman–Crippen MR) is 113 cm³/mol. The van der Waals surface area contributed by atoms with Gasteiger partial charge in [0.2, 0.25) is 0 Å². The van der Waals surface area contributed by atoms with Gasteiger partial charge in [-0.1, -0.05) is 48.9 Å². The molecule has 0 bridgehead atoms. The zero-order valence-electron chi connectivity index (χ0n) is 17.2. The quantitative estimate of drug-likeness (QED) is 0.417. The first-order valence-corrected chi connectivity index (χ1v) is 10.9. The molecule has 3 rings (SSSR count). The van der Waals surface area contributed by atoms with E-state index >= 15 is 0 Å². The van der Waals surface area contributed by atoms with Crippen LogP contribution in [0.25, 0.3) is 0 Å². The van der Waals surface area contributed by atoms with Gasteiger partial charge in [0, 0.05) is 11.6 Å². The van der Waals surface area contributed by atoms with Crippen LogP contribution in [0.1, 0.15) is 60.1 Å². The number of ether oxygens (including phenoxy) is 2. The van der Waals surface area contributed by atoms with Crippen molar-refractivity contribution in [2.75, 3.05) is 19.8 Å². The number of benzene rings is 2. The van der Waals surface area contributed by atoms with Crippen molar-refractivity contribution in [3.05, 3.63) is 69.2 Å². The van der Waals surface area contributed by atoms with Crippen LogP contribution in [0.15, 0.2) is 36.4 Å². The number of halogens is 4. The maximum atomic E-state index is 12.4.